The molecule has 0 amide bonds. The first kappa shape index (κ1) is 20.3. The average molecular weight is 421 g/mol. The van der Waals surface area contributed by atoms with Crippen LogP contribution in [0.5, 0.6) is 11.5 Å². The van der Waals surface area contributed by atoms with Gasteiger partial charge in [-0.1, -0.05) is 35.9 Å². The number of hydrogen-bond donors (Lipinski definition) is 0. The summed E-state index contributed by atoms with van der Waals surface area (Å²) >= 11 is 6.27. The number of para-hydroxylation sites is 2. The van der Waals surface area contributed by atoms with E-state index in [1.54, 1.807) is 7.11 Å². The zero-order valence-electron chi connectivity index (χ0n) is 17.5. The molecule has 0 atom stereocenters. The van der Waals surface area contributed by atoms with E-state index in [1.807, 2.05) is 50.2 Å². The molecule has 0 aliphatic rings. The van der Waals surface area contributed by atoms with Crippen LogP contribution in [0.1, 0.15) is 22.5 Å². The molecule has 0 spiro atoms. The predicted octanol–water partition coefficient (Wildman–Crippen LogP) is 5.98. The van der Waals surface area contributed by atoms with Crippen molar-refractivity contribution < 1.29 is 9.47 Å². The maximum absolute atomic E-state index is 6.27. The van der Waals surface area contributed by atoms with Gasteiger partial charge in [-0.05, 0) is 66.9 Å². The Bertz CT molecular complexity index is 1140. The number of halogens is 1. The Morgan fingerprint density at radius 3 is 2.33 bits per heavy atom. The Balaban J connectivity index is 1.55. The normalized spacial score (nSPS) is 11.1. The summed E-state index contributed by atoms with van der Waals surface area (Å²) in [5, 5.41) is 0.796. The zero-order chi connectivity index (χ0) is 21.1. The summed E-state index contributed by atoms with van der Waals surface area (Å²) in [5.41, 5.74) is 5.37. The minimum atomic E-state index is 0.552. The van der Waals surface area contributed by atoms with E-state index in [4.69, 9.17) is 26.1 Å². The molecule has 0 N–H and O–H groups in total. The molecule has 1 heterocycles. The van der Waals surface area contributed by atoms with Gasteiger partial charge in [0.15, 0.2) is 0 Å². The number of aromatic nitrogens is 2. The molecule has 0 aliphatic heterocycles. The minimum Gasteiger partial charge on any atom is -0.497 e. The van der Waals surface area contributed by atoms with E-state index in [9.17, 15) is 0 Å². The van der Waals surface area contributed by atoms with Gasteiger partial charge >= 0.3 is 0 Å². The first-order chi connectivity index (χ1) is 14.5. The Hall–Kier alpha value is -2.98. The molecular weight excluding hydrogens is 396 g/mol. The number of hydrogen-bond acceptors (Lipinski definition) is 3. The third-order valence-corrected chi connectivity index (χ3v) is 5.84. The molecule has 4 rings (SSSR count). The van der Waals surface area contributed by atoms with Crippen LogP contribution in [-0.4, -0.2) is 23.3 Å². The third-order valence-electron chi connectivity index (χ3n) is 5.25. The molecule has 0 bridgehead atoms. The maximum Gasteiger partial charge on any atom is 0.120 e. The standard InChI is InChI=1S/C25H25ClN2O2/c1-17-14-21(15-18(2)25(17)26)30-13-12-28-23-7-5-4-6-22(23)27-24(28)16-19-8-10-20(29-3)11-9-19/h4-11,14-15H,12-13,16H2,1-3H3. The fraction of sp³-hybridized carbons (Fsp3) is 0.240. The quantitative estimate of drug-likeness (QED) is 0.368. The number of methoxy groups -OCH3 is 1. The second kappa shape index (κ2) is 8.80. The third kappa shape index (κ3) is 4.29. The lowest BCUT2D eigenvalue weighted by Crippen LogP contribution is -2.12. The van der Waals surface area contributed by atoms with Crippen LogP contribution in [0.3, 0.4) is 0 Å². The van der Waals surface area contributed by atoms with E-state index in [0.29, 0.717) is 13.2 Å². The topological polar surface area (TPSA) is 36.3 Å². The largest absolute Gasteiger partial charge is 0.497 e. The summed E-state index contributed by atoms with van der Waals surface area (Å²) in [6, 6.07) is 20.3. The van der Waals surface area contributed by atoms with Crippen molar-refractivity contribution in [2.24, 2.45) is 0 Å². The first-order valence-corrected chi connectivity index (χ1v) is 10.4. The summed E-state index contributed by atoms with van der Waals surface area (Å²) in [6.07, 6.45) is 0.748. The zero-order valence-corrected chi connectivity index (χ0v) is 18.2. The van der Waals surface area contributed by atoms with Crippen molar-refractivity contribution >= 4 is 22.6 Å². The molecule has 0 saturated carbocycles. The lowest BCUT2D eigenvalue weighted by molar-refractivity contribution is 0.298. The molecule has 0 unspecified atom stereocenters. The van der Waals surface area contributed by atoms with Crippen molar-refractivity contribution in [3.63, 3.8) is 0 Å². The number of aryl methyl sites for hydroxylation is 2. The summed E-state index contributed by atoms with van der Waals surface area (Å²) in [5.74, 6) is 2.72. The van der Waals surface area contributed by atoms with Gasteiger partial charge < -0.3 is 14.0 Å². The van der Waals surface area contributed by atoms with Gasteiger partial charge in [-0.25, -0.2) is 4.98 Å². The van der Waals surface area contributed by atoms with Gasteiger partial charge in [-0.2, -0.15) is 0 Å². The molecule has 5 heteroatoms. The number of benzene rings is 3. The van der Waals surface area contributed by atoms with Crippen LogP contribution >= 0.6 is 11.6 Å². The van der Waals surface area contributed by atoms with Crippen LogP contribution < -0.4 is 9.47 Å². The van der Waals surface area contributed by atoms with E-state index in [-0.39, 0.29) is 0 Å². The van der Waals surface area contributed by atoms with Gasteiger partial charge in [0.25, 0.3) is 0 Å². The van der Waals surface area contributed by atoms with Gasteiger partial charge in [0, 0.05) is 11.4 Å². The number of nitrogens with zero attached hydrogens (tertiary/aromatic N) is 2. The van der Waals surface area contributed by atoms with Crippen molar-refractivity contribution in [1.82, 2.24) is 9.55 Å². The van der Waals surface area contributed by atoms with Crippen molar-refractivity contribution in [1.29, 1.82) is 0 Å². The van der Waals surface area contributed by atoms with Gasteiger partial charge in [0.2, 0.25) is 0 Å². The minimum absolute atomic E-state index is 0.552. The Morgan fingerprint density at radius 1 is 0.933 bits per heavy atom. The summed E-state index contributed by atoms with van der Waals surface area (Å²) in [4.78, 5) is 4.87. The van der Waals surface area contributed by atoms with Crippen LogP contribution in [0, 0.1) is 13.8 Å². The van der Waals surface area contributed by atoms with Crippen molar-refractivity contribution in [2.45, 2.75) is 26.8 Å². The molecule has 0 aliphatic carbocycles. The number of ether oxygens (including phenoxy) is 2. The van der Waals surface area contributed by atoms with Crippen molar-refractivity contribution in [3.05, 3.63) is 88.2 Å². The number of rotatable bonds is 7. The van der Waals surface area contributed by atoms with Crippen LogP contribution in [0.2, 0.25) is 5.02 Å². The van der Waals surface area contributed by atoms with Crippen LogP contribution in [0.25, 0.3) is 11.0 Å². The van der Waals surface area contributed by atoms with E-state index >= 15 is 0 Å². The second-order valence-electron chi connectivity index (χ2n) is 7.41. The number of imidazole rings is 1. The second-order valence-corrected chi connectivity index (χ2v) is 7.79. The highest BCUT2D eigenvalue weighted by Gasteiger charge is 2.12. The molecule has 4 nitrogen and oxygen atoms in total. The van der Waals surface area contributed by atoms with Crippen LogP contribution in [0.15, 0.2) is 60.7 Å². The van der Waals surface area contributed by atoms with Crippen LogP contribution in [-0.2, 0) is 13.0 Å². The molecular formula is C25H25ClN2O2. The molecule has 0 radical (unpaired) electrons. The molecule has 0 saturated heterocycles. The van der Waals surface area contributed by atoms with Gasteiger partial charge in [0.1, 0.15) is 23.9 Å². The van der Waals surface area contributed by atoms with Gasteiger partial charge in [-0.15, -0.1) is 0 Å². The van der Waals surface area contributed by atoms with E-state index in [0.717, 1.165) is 50.9 Å². The summed E-state index contributed by atoms with van der Waals surface area (Å²) in [6.45, 7) is 5.26. The molecule has 3 aromatic carbocycles. The van der Waals surface area contributed by atoms with Crippen molar-refractivity contribution in [2.75, 3.05) is 13.7 Å². The molecule has 4 aromatic rings. The van der Waals surface area contributed by atoms with E-state index < -0.39 is 0 Å². The lowest BCUT2D eigenvalue weighted by Gasteiger charge is -2.13. The van der Waals surface area contributed by atoms with Gasteiger partial charge in [-0.3, -0.25) is 0 Å². The van der Waals surface area contributed by atoms with Crippen molar-refractivity contribution in [3.8, 4) is 11.5 Å². The SMILES string of the molecule is COc1ccc(Cc2nc3ccccc3n2CCOc2cc(C)c(Cl)c(C)c2)cc1. The van der Waals surface area contributed by atoms with E-state index in [1.165, 1.54) is 5.56 Å². The molecule has 154 valence electrons. The highest BCUT2D eigenvalue weighted by atomic mass is 35.5. The molecule has 1 aromatic heterocycles. The fourth-order valence-electron chi connectivity index (χ4n) is 3.68. The Morgan fingerprint density at radius 2 is 1.63 bits per heavy atom. The first-order valence-electron chi connectivity index (χ1n) is 10.0. The van der Waals surface area contributed by atoms with Crippen LogP contribution in [0.4, 0.5) is 0 Å². The number of fused-ring (bicyclic) bond motifs is 1. The lowest BCUT2D eigenvalue weighted by atomic mass is 10.1. The highest BCUT2D eigenvalue weighted by Crippen LogP contribution is 2.26. The molecule has 0 fully saturated rings. The summed E-state index contributed by atoms with van der Waals surface area (Å²) < 4.78 is 13.6. The fourth-order valence-corrected chi connectivity index (χ4v) is 3.79. The average Bonchev–Trinajstić information content (AvgIpc) is 3.09. The predicted molar refractivity (Wildman–Crippen MR) is 122 cm³/mol. The molecule has 30 heavy (non-hydrogen) atoms. The summed E-state index contributed by atoms with van der Waals surface area (Å²) in [7, 11) is 1.68. The Labute approximate surface area is 182 Å². The van der Waals surface area contributed by atoms with Gasteiger partial charge in [0.05, 0.1) is 24.7 Å². The Kier molecular flexibility index (Phi) is 5.96. The highest BCUT2D eigenvalue weighted by molar-refractivity contribution is 6.32. The monoisotopic (exact) mass is 420 g/mol. The smallest absolute Gasteiger partial charge is 0.120 e. The maximum atomic E-state index is 6.27. The van der Waals surface area contributed by atoms with E-state index in [2.05, 4.69) is 28.8 Å².